The summed E-state index contributed by atoms with van der Waals surface area (Å²) in [5.41, 5.74) is -1.18. The first-order chi connectivity index (χ1) is 11.3. The van der Waals surface area contributed by atoms with Gasteiger partial charge in [-0.15, -0.1) is 0 Å². The molecule has 1 aromatic carbocycles. The quantitative estimate of drug-likeness (QED) is 0.785. The van der Waals surface area contributed by atoms with Crippen molar-refractivity contribution in [2.75, 3.05) is 13.7 Å². The van der Waals surface area contributed by atoms with Gasteiger partial charge in [-0.3, -0.25) is 4.79 Å². The Bertz CT molecular complexity index is 783. The predicted molar refractivity (Wildman–Crippen MR) is 79.0 cm³/mol. The fraction of sp³-hybridized carbons (Fsp3) is 0.250. The lowest BCUT2D eigenvalue weighted by Crippen LogP contribution is -2.24. The van der Waals surface area contributed by atoms with Crippen LogP contribution in [0.1, 0.15) is 15.9 Å². The van der Waals surface area contributed by atoms with Gasteiger partial charge < -0.3 is 14.0 Å². The third kappa shape index (κ3) is 4.37. The van der Waals surface area contributed by atoms with Gasteiger partial charge in [0.25, 0.3) is 5.56 Å². The minimum absolute atomic E-state index is 0.0359. The Hall–Kier alpha value is -2.77. The number of hydrogen-bond acceptors (Lipinski definition) is 4. The molecule has 0 N–H and O–H groups in total. The highest BCUT2D eigenvalue weighted by atomic mass is 19.4. The average Bonchev–Trinajstić information content (AvgIpc) is 2.55. The lowest BCUT2D eigenvalue weighted by atomic mass is 10.2. The number of carbonyl (C=O) groups is 1. The molecule has 128 valence electrons. The number of methoxy groups -OCH3 is 1. The summed E-state index contributed by atoms with van der Waals surface area (Å²) >= 11 is 0. The molecule has 2 rings (SSSR count). The summed E-state index contributed by atoms with van der Waals surface area (Å²) in [4.78, 5) is 23.0. The summed E-state index contributed by atoms with van der Waals surface area (Å²) in [5.74, 6) is -0.188. The lowest BCUT2D eigenvalue weighted by molar-refractivity contribution is -0.138. The fourth-order valence-corrected chi connectivity index (χ4v) is 1.97. The summed E-state index contributed by atoms with van der Waals surface area (Å²) in [5, 5.41) is 0. The molecule has 0 atom stereocenters. The lowest BCUT2D eigenvalue weighted by Gasteiger charge is -2.12. The zero-order valence-corrected chi connectivity index (χ0v) is 12.7. The van der Waals surface area contributed by atoms with E-state index in [-0.39, 0.29) is 18.7 Å². The topological polar surface area (TPSA) is 57.5 Å². The maximum Gasteiger partial charge on any atom is 0.417 e. The van der Waals surface area contributed by atoms with Gasteiger partial charge in [0.1, 0.15) is 12.4 Å². The maximum atomic E-state index is 12.6. The Morgan fingerprint density at radius 3 is 2.62 bits per heavy atom. The highest BCUT2D eigenvalue weighted by Gasteiger charge is 2.30. The Morgan fingerprint density at radius 2 is 1.96 bits per heavy atom. The molecule has 0 radical (unpaired) electrons. The van der Waals surface area contributed by atoms with E-state index in [9.17, 15) is 22.8 Å². The SMILES string of the molecule is COC(=O)c1cccc(OCCn2cc(C(F)(F)F)ccc2=O)c1. The van der Waals surface area contributed by atoms with Crippen LogP contribution in [0.3, 0.4) is 0 Å². The van der Waals surface area contributed by atoms with E-state index in [0.29, 0.717) is 5.75 Å². The second-order valence-electron chi connectivity index (χ2n) is 4.82. The van der Waals surface area contributed by atoms with Gasteiger partial charge in [-0.25, -0.2) is 4.79 Å². The van der Waals surface area contributed by atoms with Crippen LogP contribution in [0, 0.1) is 0 Å². The molecule has 0 amide bonds. The molecule has 0 aliphatic carbocycles. The number of hydrogen-bond donors (Lipinski definition) is 0. The molecule has 0 saturated heterocycles. The van der Waals surface area contributed by atoms with Crippen LogP contribution in [0.4, 0.5) is 13.2 Å². The van der Waals surface area contributed by atoms with E-state index in [0.717, 1.165) is 22.9 Å². The first kappa shape index (κ1) is 17.6. The minimum Gasteiger partial charge on any atom is -0.492 e. The molecule has 1 aromatic heterocycles. The Labute approximate surface area is 135 Å². The van der Waals surface area contributed by atoms with E-state index in [1.807, 2.05) is 0 Å². The van der Waals surface area contributed by atoms with Gasteiger partial charge in [-0.1, -0.05) is 6.07 Å². The van der Waals surface area contributed by atoms with E-state index in [2.05, 4.69) is 4.74 Å². The van der Waals surface area contributed by atoms with Gasteiger partial charge in [-0.05, 0) is 24.3 Å². The third-order valence-electron chi connectivity index (χ3n) is 3.17. The molecule has 0 spiro atoms. The summed E-state index contributed by atoms with van der Waals surface area (Å²) in [6.45, 7) is -0.100. The Balaban J connectivity index is 2.05. The second kappa shape index (κ2) is 7.20. The van der Waals surface area contributed by atoms with Crippen LogP contribution in [0.25, 0.3) is 0 Å². The number of carbonyl (C=O) groups excluding carboxylic acids is 1. The van der Waals surface area contributed by atoms with Crippen molar-refractivity contribution in [2.24, 2.45) is 0 Å². The first-order valence-corrected chi connectivity index (χ1v) is 6.90. The predicted octanol–water partition coefficient (Wildman–Crippen LogP) is 2.73. The summed E-state index contributed by atoms with van der Waals surface area (Å²) in [6.07, 6.45) is -3.78. The van der Waals surface area contributed by atoms with Crippen LogP contribution < -0.4 is 10.3 Å². The Kier molecular flexibility index (Phi) is 5.28. The average molecular weight is 341 g/mol. The largest absolute Gasteiger partial charge is 0.492 e. The third-order valence-corrected chi connectivity index (χ3v) is 3.17. The van der Waals surface area contributed by atoms with E-state index in [1.54, 1.807) is 12.1 Å². The van der Waals surface area contributed by atoms with E-state index >= 15 is 0 Å². The summed E-state index contributed by atoms with van der Waals surface area (Å²) in [6, 6.07) is 7.75. The van der Waals surface area contributed by atoms with Crippen molar-refractivity contribution in [1.82, 2.24) is 4.57 Å². The number of ether oxygens (including phenoxy) is 2. The van der Waals surface area contributed by atoms with Gasteiger partial charge in [0.2, 0.25) is 0 Å². The highest BCUT2D eigenvalue weighted by molar-refractivity contribution is 5.89. The van der Waals surface area contributed by atoms with Crippen molar-refractivity contribution >= 4 is 5.97 Å². The normalized spacial score (nSPS) is 11.2. The van der Waals surface area contributed by atoms with Gasteiger partial charge in [-0.2, -0.15) is 13.2 Å². The fourth-order valence-electron chi connectivity index (χ4n) is 1.97. The zero-order valence-electron chi connectivity index (χ0n) is 12.7. The molecule has 24 heavy (non-hydrogen) atoms. The number of alkyl halides is 3. The van der Waals surface area contributed by atoms with Crippen LogP contribution >= 0.6 is 0 Å². The van der Waals surface area contributed by atoms with Crippen molar-refractivity contribution in [3.05, 3.63) is 64.1 Å². The number of rotatable bonds is 5. The van der Waals surface area contributed by atoms with E-state index in [1.165, 1.54) is 19.2 Å². The molecule has 0 bridgehead atoms. The molecule has 0 saturated carbocycles. The Morgan fingerprint density at radius 1 is 1.21 bits per heavy atom. The number of aromatic nitrogens is 1. The summed E-state index contributed by atoms with van der Waals surface area (Å²) < 4.78 is 48.8. The van der Waals surface area contributed by atoms with Gasteiger partial charge in [0.15, 0.2) is 0 Å². The standard InChI is InChI=1S/C16H14F3NO4/c1-23-15(22)11-3-2-4-13(9-11)24-8-7-20-10-12(16(17,18)19)5-6-14(20)21/h2-6,9-10H,7-8H2,1H3. The molecule has 0 unspecified atom stereocenters. The van der Waals surface area contributed by atoms with Crippen molar-refractivity contribution in [3.8, 4) is 5.75 Å². The van der Waals surface area contributed by atoms with Crippen LogP contribution in [0.15, 0.2) is 47.4 Å². The molecule has 1 heterocycles. The van der Waals surface area contributed by atoms with Crippen molar-refractivity contribution in [1.29, 1.82) is 0 Å². The van der Waals surface area contributed by atoms with Crippen LogP contribution in [-0.4, -0.2) is 24.3 Å². The van der Waals surface area contributed by atoms with Gasteiger partial charge in [0, 0.05) is 12.3 Å². The van der Waals surface area contributed by atoms with Gasteiger partial charge >= 0.3 is 12.1 Å². The monoisotopic (exact) mass is 341 g/mol. The van der Waals surface area contributed by atoms with Crippen molar-refractivity contribution < 1.29 is 27.4 Å². The first-order valence-electron chi connectivity index (χ1n) is 6.90. The number of esters is 1. The molecule has 0 fully saturated rings. The van der Waals surface area contributed by atoms with Gasteiger partial charge in [0.05, 0.1) is 24.8 Å². The number of nitrogens with zero attached hydrogens (tertiary/aromatic N) is 1. The number of pyridine rings is 1. The van der Waals surface area contributed by atoms with Crippen LogP contribution in [-0.2, 0) is 17.5 Å². The number of halogens is 3. The second-order valence-corrected chi connectivity index (χ2v) is 4.82. The molecular formula is C16H14F3NO4. The molecule has 2 aromatic rings. The molecule has 5 nitrogen and oxygen atoms in total. The minimum atomic E-state index is -4.52. The zero-order chi connectivity index (χ0) is 17.7. The van der Waals surface area contributed by atoms with E-state index in [4.69, 9.17) is 4.74 Å². The molecule has 8 heteroatoms. The maximum absolute atomic E-state index is 12.6. The summed E-state index contributed by atoms with van der Waals surface area (Å²) in [7, 11) is 1.25. The smallest absolute Gasteiger partial charge is 0.417 e. The molecule has 0 aliphatic rings. The van der Waals surface area contributed by atoms with E-state index < -0.39 is 23.3 Å². The van der Waals surface area contributed by atoms with Crippen LogP contribution in [0.2, 0.25) is 0 Å². The number of benzene rings is 1. The highest BCUT2D eigenvalue weighted by Crippen LogP contribution is 2.28. The molecular weight excluding hydrogens is 327 g/mol. The van der Waals surface area contributed by atoms with Crippen molar-refractivity contribution in [2.45, 2.75) is 12.7 Å². The van der Waals surface area contributed by atoms with Crippen molar-refractivity contribution in [3.63, 3.8) is 0 Å². The molecule has 0 aliphatic heterocycles. The van der Waals surface area contributed by atoms with Crippen LogP contribution in [0.5, 0.6) is 5.75 Å².